The van der Waals surface area contributed by atoms with Gasteiger partial charge in [-0.05, 0) is 64.6 Å². The molecule has 0 unspecified atom stereocenters. The lowest BCUT2D eigenvalue weighted by Gasteiger charge is -2.44. The molecule has 1 aliphatic carbocycles. The zero-order valence-corrected chi connectivity index (χ0v) is 10.6. The van der Waals surface area contributed by atoms with Gasteiger partial charge < -0.3 is 15.1 Å². The van der Waals surface area contributed by atoms with Gasteiger partial charge in [-0.1, -0.05) is 0 Å². The molecule has 0 aromatic rings. The van der Waals surface area contributed by atoms with E-state index in [1.807, 2.05) is 0 Å². The topological polar surface area (TPSA) is 60.8 Å². The predicted octanol–water partition coefficient (Wildman–Crippen LogP) is 1.33. The maximum Gasteiger partial charge on any atom is 0.309 e. The summed E-state index contributed by atoms with van der Waals surface area (Å²) in [6.45, 7) is 2.00. The fourth-order valence-electron chi connectivity index (χ4n) is 3.48. The largest absolute Gasteiger partial charge is 0.481 e. The number of carboxylic acid groups (broad SMARTS) is 1. The van der Waals surface area contributed by atoms with Gasteiger partial charge in [0.1, 0.15) is 0 Å². The van der Waals surface area contributed by atoms with E-state index >= 15 is 0 Å². The SMILES string of the molecule is CN1CCC(C2(C(=O)O)CCC(O)CC2)CC1. The van der Waals surface area contributed by atoms with Crippen LogP contribution in [0.25, 0.3) is 0 Å². The molecular weight excluding hydrogens is 218 g/mol. The minimum absolute atomic E-state index is 0.284. The molecule has 4 heteroatoms. The average molecular weight is 241 g/mol. The van der Waals surface area contributed by atoms with Crippen molar-refractivity contribution in [2.24, 2.45) is 11.3 Å². The van der Waals surface area contributed by atoms with Gasteiger partial charge in [0.25, 0.3) is 0 Å². The van der Waals surface area contributed by atoms with E-state index in [-0.39, 0.29) is 6.10 Å². The summed E-state index contributed by atoms with van der Waals surface area (Å²) in [5.41, 5.74) is -0.555. The Morgan fingerprint density at radius 3 is 2.18 bits per heavy atom. The smallest absolute Gasteiger partial charge is 0.309 e. The molecule has 0 spiro atoms. The molecule has 1 saturated carbocycles. The Kier molecular flexibility index (Phi) is 3.73. The molecule has 2 fully saturated rings. The lowest BCUT2D eigenvalue weighted by Crippen LogP contribution is -2.47. The van der Waals surface area contributed by atoms with Crippen LogP contribution in [0.2, 0.25) is 0 Å². The lowest BCUT2D eigenvalue weighted by atomic mass is 9.62. The van der Waals surface area contributed by atoms with Crippen LogP contribution in [0.1, 0.15) is 38.5 Å². The van der Waals surface area contributed by atoms with Crippen LogP contribution >= 0.6 is 0 Å². The van der Waals surface area contributed by atoms with Gasteiger partial charge >= 0.3 is 5.97 Å². The molecule has 1 heterocycles. The summed E-state index contributed by atoms with van der Waals surface area (Å²) >= 11 is 0. The molecule has 2 rings (SSSR count). The fourth-order valence-corrected chi connectivity index (χ4v) is 3.48. The summed E-state index contributed by atoms with van der Waals surface area (Å²) in [4.78, 5) is 13.9. The Hall–Kier alpha value is -0.610. The molecule has 1 saturated heterocycles. The first-order chi connectivity index (χ1) is 8.04. The highest BCUT2D eigenvalue weighted by Crippen LogP contribution is 2.46. The van der Waals surface area contributed by atoms with E-state index in [2.05, 4.69) is 11.9 Å². The molecule has 98 valence electrons. The number of carbonyl (C=O) groups is 1. The maximum absolute atomic E-state index is 11.7. The normalized spacial score (nSPS) is 36.9. The highest BCUT2D eigenvalue weighted by atomic mass is 16.4. The number of rotatable bonds is 2. The molecule has 0 bridgehead atoms. The Morgan fingerprint density at radius 2 is 1.71 bits per heavy atom. The van der Waals surface area contributed by atoms with E-state index in [0.717, 1.165) is 25.9 Å². The molecule has 17 heavy (non-hydrogen) atoms. The Labute approximate surface area is 103 Å². The number of aliphatic hydroxyl groups is 1. The van der Waals surface area contributed by atoms with Gasteiger partial charge in [0.2, 0.25) is 0 Å². The Bertz CT molecular complexity index is 276. The zero-order chi connectivity index (χ0) is 12.5. The third-order valence-corrected chi connectivity index (χ3v) is 4.77. The van der Waals surface area contributed by atoms with Crippen LogP contribution in [-0.2, 0) is 4.79 Å². The monoisotopic (exact) mass is 241 g/mol. The van der Waals surface area contributed by atoms with Crippen LogP contribution in [0, 0.1) is 11.3 Å². The van der Waals surface area contributed by atoms with Crippen LogP contribution in [0.4, 0.5) is 0 Å². The van der Waals surface area contributed by atoms with Crippen molar-refractivity contribution >= 4 is 5.97 Å². The predicted molar refractivity (Wildman–Crippen MR) is 64.8 cm³/mol. The van der Waals surface area contributed by atoms with Crippen LogP contribution in [0.5, 0.6) is 0 Å². The minimum atomic E-state index is -0.640. The van der Waals surface area contributed by atoms with Crippen LogP contribution in [0.15, 0.2) is 0 Å². The van der Waals surface area contributed by atoms with Crippen molar-refractivity contribution in [2.45, 2.75) is 44.6 Å². The third kappa shape index (κ3) is 2.47. The summed E-state index contributed by atoms with van der Waals surface area (Å²) in [5.74, 6) is -0.345. The number of hydrogen-bond acceptors (Lipinski definition) is 3. The summed E-state index contributed by atoms with van der Waals surface area (Å²) in [6, 6.07) is 0. The van der Waals surface area contributed by atoms with E-state index in [1.54, 1.807) is 0 Å². The molecule has 4 nitrogen and oxygen atoms in total. The second-order valence-corrected chi connectivity index (χ2v) is 5.77. The number of likely N-dealkylation sites (tertiary alicyclic amines) is 1. The summed E-state index contributed by atoms with van der Waals surface area (Å²) < 4.78 is 0. The van der Waals surface area contributed by atoms with Crippen LogP contribution < -0.4 is 0 Å². The van der Waals surface area contributed by atoms with Gasteiger partial charge in [0, 0.05) is 0 Å². The molecular formula is C13H23NO3. The second-order valence-electron chi connectivity index (χ2n) is 5.77. The van der Waals surface area contributed by atoms with E-state index < -0.39 is 11.4 Å². The molecule has 0 aromatic heterocycles. The molecule has 2 aliphatic rings. The number of piperidine rings is 1. The van der Waals surface area contributed by atoms with Crippen molar-refractivity contribution in [3.63, 3.8) is 0 Å². The molecule has 0 aromatic carbocycles. The minimum Gasteiger partial charge on any atom is -0.481 e. The average Bonchev–Trinajstić information content (AvgIpc) is 2.31. The van der Waals surface area contributed by atoms with Crippen molar-refractivity contribution in [2.75, 3.05) is 20.1 Å². The number of carboxylic acids is 1. The van der Waals surface area contributed by atoms with Gasteiger partial charge in [-0.3, -0.25) is 4.79 Å². The highest BCUT2D eigenvalue weighted by molar-refractivity contribution is 5.75. The zero-order valence-electron chi connectivity index (χ0n) is 10.6. The first kappa shape index (κ1) is 12.8. The van der Waals surface area contributed by atoms with Gasteiger partial charge in [-0.25, -0.2) is 0 Å². The van der Waals surface area contributed by atoms with Gasteiger partial charge in [-0.2, -0.15) is 0 Å². The van der Waals surface area contributed by atoms with Crippen molar-refractivity contribution in [1.82, 2.24) is 4.90 Å². The molecule has 0 radical (unpaired) electrons. The first-order valence-electron chi connectivity index (χ1n) is 6.64. The van der Waals surface area contributed by atoms with E-state index in [0.29, 0.717) is 31.6 Å². The van der Waals surface area contributed by atoms with Crippen LogP contribution in [-0.4, -0.2) is 47.3 Å². The van der Waals surface area contributed by atoms with Crippen LogP contribution in [0.3, 0.4) is 0 Å². The summed E-state index contributed by atoms with van der Waals surface area (Å²) in [7, 11) is 2.09. The number of aliphatic carboxylic acids is 1. The summed E-state index contributed by atoms with van der Waals surface area (Å²) in [6.07, 6.45) is 4.29. The van der Waals surface area contributed by atoms with E-state index in [1.165, 1.54) is 0 Å². The second kappa shape index (κ2) is 4.94. The maximum atomic E-state index is 11.7. The van der Waals surface area contributed by atoms with Crippen molar-refractivity contribution < 1.29 is 15.0 Å². The molecule has 2 N–H and O–H groups in total. The van der Waals surface area contributed by atoms with Gasteiger partial charge in [-0.15, -0.1) is 0 Å². The summed E-state index contributed by atoms with van der Waals surface area (Å²) in [5, 5.41) is 19.2. The molecule has 1 aliphatic heterocycles. The first-order valence-corrected chi connectivity index (χ1v) is 6.64. The quantitative estimate of drug-likeness (QED) is 0.766. The number of hydrogen-bond donors (Lipinski definition) is 2. The lowest BCUT2D eigenvalue weighted by molar-refractivity contribution is -0.158. The Morgan fingerprint density at radius 1 is 1.18 bits per heavy atom. The molecule has 0 atom stereocenters. The van der Waals surface area contributed by atoms with E-state index in [4.69, 9.17) is 0 Å². The van der Waals surface area contributed by atoms with Crippen molar-refractivity contribution in [3.8, 4) is 0 Å². The number of aliphatic hydroxyl groups excluding tert-OH is 1. The van der Waals surface area contributed by atoms with Gasteiger partial charge in [0.15, 0.2) is 0 Å². The van der Waals surface area contributed by atoms with Crippen molar-refractivity contribution in [3.05, 3.63) is 0 Å². The third-order valence-electron chi connectivity index (χ3n) is 4.77. The fraction of sp³-hybridized carbons (Fsp3) is 0.923. The Balaban J connectivity index is 2.09. The van der Waals surface area contributed by atoms with Gasteiger partial charge in [0.05, 0.1) is 11.5 Å². The highest BCUT2D eigenvalue weighted by Gasteiger charge is 2.48. The van der Waals surface area contributed by atoms with E-state index in [9.17, 15) is 15.0 Å². The standard InChI is InChI=1S/C13H23NO3/c1-14-8-4-10(5-9-14)13(12(16)17)6-2-11(15)3-7-13/h10-11,15H,2-9H2,1H3,(H,16,17). The number of nitrogens with zero attached hydrogens (tertiary/aromatic N) is 1. The molecule has 0 amide bonds. The van der Waals surface area contributed by atoms with Crippen molar-refractivity contribution in [1.29, 1.82) is 0 Å².